The topological polar surface area (TPSA) is 31.9 Å². The van der Waals surface area contributed by atoms with Crippen LogP contribution in [0.5, 0.6) is 0 Å². The normalized spacial score (nSPS) is 15.2. The van der Waals surface area contributed by atoms with Gasteiger partial charge in [-0.3, -0.25) is 4.90 Å². The van der Waals surface area contributed by atoms with E-state index in [-0.39, 0.29) is 0 Å². The van der Waals surface area contributed by atoms with Crippen molar-refractivity contribution in [2.24, 2.45) is 0 Å². The van der Waals surface area contributed by atoms with Gasteiger partial charge >= 0.3 is 0 Å². The number of aryl methyl sites for hydroxylation is 2. The maximum absolute atomic E-state index is 4.95. The highest BCUT2D eigenvalue weighted by Gasteiger charge is 2.20. The number of rotatable bonds is 5. The second kappa shape index (κ2) is 9.13. The van der Waals surface area contributed by atoms with Crippen LogP contribution in [0, 0.1) is 13.8 Å². The number of piperidine rings is 1. The molecule has 0 saturated carbocycles. The van der Waals surface area contributed by atoms with Gasteiger partial charge in [-0.25, -0.2) is 4.98 Å². The first-order valence-electron chi connectivity index (χ1n) is 11.7. The molecule has 1 fully saturated rings. The SMILES string of the molecule is Cc1cc(-c2cccc(-c3ccc(C4CCN(Cc5ccccc5)CC4)cc3)n2)c(C)[nH]1. The molecule has 1 saturated heterocycles. The van der Waals surface area contributed by atoms with Gasteiger partial charge in [-0.1, -0.05) is 60.7 Å². The Morgan fingerprint density at radius 3 is 2.25 bits per heavy atom. The number of hydrogen-bond donors (Lipinski definition) is 1. The highest BCUT2D eigenvalue weighted by atomic mass is 15.1. The van der Waals surface area contributed by atoms with Gasteiger partial charge < -0.3 is 4.98 Å². The summed E-state index contributed by atoms with van der Waals surface area (Å²) in [6.07, 6.45) is 2.46. The number of aromatic amines is 1. The minimum Gasteiger partial charge on any atom is -0.362 e. The van der Waals surface area contributed by atoms with Crippen LogP contribution in [0.15, 0.2) is 78.9 Å². The number of pyridine rings is 1. The van der Waals surface area contributed by atoms with E-state index in [1.807, 2.05) is 0 Å². The zero-order valence-corrected chi connectivity index (χ0v) is 19.0. The predicted octanol–water partition coefficient (Wildman–Crippen LogP) is 6.74. The minimum absolute atomic E-state index is 0.654. The molecule has 3 heteroatoms. The van der Waals surface area contributed by atoms with Gasteiger partial charge in [0, 0.05) is 29.1 Å². The number of hydrogen-bond acceptors (Lipinski definition) is 2. The maximum Gasteiger partial charge on any atom is 0.0727 e. The molecule has 1 aliphatic heterocycles. The molecule has 5 rings (SSSR count). The lowest BCUT2D eigenvalue weighted by Gasteiger charge is -2.32. The molecule has 162 valence electrons. The van der Waals surface area contributed by atoms with E-state index < -0.39 is 0 Å². The molecule has 3 nitrogen and oxygen atoms in total. The Labute approximate surface area is 191 Å². The second-order valence-electron chi connectivity index (χ2n) is 9.06. The fraction of sp³-hybridized carbons (Fsp3) is 0.276. The summed E-state index contributed by atoms with van der Waals surface area (Å²) in [4.78, 5) is 10.9. The molecule has 0 amide bonds. The van der Waals surface area contributed by atoms with Crippen LogP contribution < -0.4 is 0 Å². The molecule has 0 unspecified atom stereocenters. The van der Waals surface area contributed by atoms with Crippen molar-refractivity contribution in [2.75, 3.05) is 13.1 Å². The highest BCUT2D eigenvalue weighted by Crippen LogP contribution is 2.31. The van der Waals surface area contributed by atoms with Gasteiger partial charge in [-0.2, -0.15) is 0 Å². The fourth-order valence-corrected chi connectivity index (χ4v) is 4.93. The van der Waals surface area contributed by atoms with Crippen LogP contribution in [0.2, 0.25) is 0 Å². The van der Waals surface area contributed by atoms with Gasteiger partial charge in [0.05, 0.1) is 11.4 Å². The molecule has 0 radical (unpaired) electrons. The molecule has 2 aromatic heterocycles. The lowest BCUT2D eigenvalue weighted by Crippen LogP contribution is -2.32. The smallest absolute Gasteiger partial charge is 0.0727 e. The number of nitrogens with one attached hydrogen (secondary N) is 1. The molecule has 2 aromatic carbocycles. The van der Waals surface area contributed by atoms with Crippen LogP contribution in [0.3, 0.4) is 0 Å². The summed E-state index contributed by atoms with van der Waals surface area (Å²) in [5.41, 5.74) is 9.64. The molecule has 4 aromatic rings. The summed E-state index contributed by atoms with van der Waals surface area (Å²) in [6.45, 7) is 7.59. The molecule has 0 aliphatic carbocycles. The van der Waals surface area contributed by atoms with Gasteiger partial charge in [-0.05, 0) is 75.0 Å². The zero-order valence-electron chi connectivity index (χ0n) is 19.0. The van der Waals surface area contributed by atoms with E-state index in [0.717, 1.165) is 17.9 Å². The van der Waals surface area contributed by atoms with Crippen LogP contribution in [0.4, 0.5) is 0 Å². The first-order chi connectivity index (χ1) is 15.7. The molecule has 1 aliphatic rings. The summed E-state index contributed by atoms with van der Waals surface area (Å²) in [7, 11) is 0. The van der Waals surface area contributed by atoms with Crippen molar-refractivity contribution in [1.29, 1.82) is 0 Å². The lowest BCUT2D eigenvalue weighted by molar-refractivity contribution is 0.204. The minimum atomic E-state index is 0.654. The average Bonchev–Trinajstić information content (AvgIpc) is 3.18. The van der Waals surface area contributed by atoms with E-state index >= 15 is 0 Å². The zero-order chi connectivity index (χ0) is 21.9. The third-order valence-electron chi connectivity index (χ3n) is 6.69. The standard InChI is InChI=1S/C29H31N3/c1-21-19-27(22(2)30-21)29-10-6-9-28(31-29)26-13-11-24(12-14-26)25-15-17-32(18-16-25)20-23-7-4-3-5-8-23/h3-14,19,25,30H,15-18,20H2,1-2H3. The molecule has 32 heavy (non-hydrogen) atoms. The van der Waals surface area contributed by atoms with Gasteiger partial charge in [0.1, 0.15) is 0 Å². The number of benzene rings is 2. The van der Waals surface area contributed by atoms with Crippen LogP contribution in [0.1, 0.15) is 41.3 Å². The lowest BCUT2D eigenvalue weighted by atomic mass is 9.88. The molecule has 0 atom stereocenters. The highest BCUT2D eigenvalue weighted by molar-refractivity contribution is 5.68. The van der Waals surface area contributed by atoms with Crippen LogP contribution in [-0.4, -0.2) is 28.0 Å². The molecular formula is C29H31N3. The molecule has 0 spiro atoms. The van der Waals surface area contributed by atoms with E-state index in [4.69, 9.17) is 4.98 Å². The van der Waals surface area contributed by atoms with E-state index in [9.17, 15) is 0 Å². The molecular weight excluding hydrogens is 390 g/mol. The summed E-state index contributed by atoms with van der Waals surface area (Å²) in [5, 5.41) is 0. The maximum atomic E-state index is 4.95. The van der Waals surface area contributed by atoms with Crippen LogP contribution in [0.25, 0.3) is 22.5 Å². The van der Waals surface area contributed by atoms with Crippen molar-refractivity contribution < 1.29 is 0 Å². The largest absolute Gasteiger partial charge is 0.362 e. The Bertz CT molecular complexity index is 1170. The van der Waals surface area contributed by atoms with Crippen molar-refractivity contribution in [3.8, 4) is 22.5 Å². The van der Waals surface area contributed by atoms with Crippen molar-refractivity contribution in [2.45, 2.75) is 39.2 Å². The summed E-state index contributed by atoms with van der Waals surface area (Å²) in [6, 6.07) is 28.4. The number of nitrogens with zero attached hydrogens (tertiary/aromatic N) is 2. The first-order valence-corrected chi connectivity index (χ1v) is 11.7. The van der Waals surface area contributed by atoms with Crippen molar-refractivity contribution in [1.82, 2.24) is 14.9 Å². The molecule has 3 heterocycles. The Kier molecular flexibility index (Phi) is 5.91. The Hall–Kier alpha value is -3.17. The monoisotopic (exact) mass is 421 g/mol. The van der Waals surface area contributed by atoms with Crippen LogP contribution >= 0.6 is 0 Å². The van der Waals surface area contributed by atoms with Gasteiger partial charge in [0.25, 0.3) is 0 Å². The number of aromatic nitrogens is 2. The fourth-order valence-electron chi connectivity index (χ4n) is 4.93. The van der Waals surface area contributed by atoms with Crippen molar-refractivity contribution in [3.05, 3.63) is 101 Å². The third kappa shape index (κ3) is 4.53. The van der Waals surface area contributed by atoms with E-state index in [2.05, 4.69) is 103 Å². The summed E-state index contributed by atoms with van der Waals surface area (Å²) >= 11 is 0. The van der Waals surface area contributed by atoms with Crippen LogP contribution in [-0.2, 0) is 6.54 Å². The van der Waals surface area contributed by atoms with E-state index in [1.54, 1.807) is 0 Å². The van der Waals surface area contributed by atoms with E-state index in [1.165, 1.54) is 59.6 Å². The predicted molar refractivity (Wildman–Crippen MR) is 133 cm³/mol. The third-order valence-corrected chi connectivity index (χ3v) is 6.69. The average molecular weight is 422 g/mol. The van der Waals surface area contributed by atoms with Gasteiger partial charge in [-0.15, -0.1) is 0 Å². The summed E-state index contributed by atoms with van der Waals surface area (Å²) < 4.78 is 0. The summed E-state index contributed by atoms with van der Waals surface area (Å²) in [5.74, 6) is 0.654. The molecule has 0 bridgehead atoms. The Morgan fingerprint density at radius 2 is 1.56 bits per heavy atom. The van der Waals surface area contributed by atoms with Gasteiger partial charge in [0.2, 0.25) is 0 Å². The van der Waals surface area contributed by atoms with E-state index in [0.29, 0.717) is 5.92 Å². The quantitative estimate of drug-likeness (QED) is 0.387. The van der Waals surface area contributed by atoms with Crippen molar-refractivity contribution >= 4 is 0 Å². The van der Waals surface area contributed by atoms with Gasteiger partial charge in [0.15, 0.2) is 0 Å². The Balaban J connectivity index is 1.25. The van der Waals surface area contributed by atoms with Crippen molar-refractivity contribution in [3.63, 3.8) is 0 Å². The molecule has 1 N–H and O–H groups in total. The number of likely N-dealkylation sites (tertiary alicyclic amines) is 1. The second-order valence-corrected chi connectivity index (χ2v) is 9.06. The first kappa shape index (κ1) is 20.7. The number of H-pyrrole nitrogens is 1. The Morgan fingerprint density at radius 1 is 0.844 bits per heavy atom.